The first-order valence-electron chi connectivity index (χ1n) is 10.8. The second-order valence-electron chi connectivity index (χ2n) is 9.20. The molecule has 0 amide bonds. The molecule has 2 unspecified atom stereocenters. The van der Waals surface area contributed by atoms with Crippen molar-refractivity contribution in [3.05, 3.63) is 0 Å². The van der Waals surface area contributed by atoms with E-state index in [0.717, 1.165) is 51.4 Å². The van der Waals surface area contributed by atoms with E-state index in [2.05, 4.69) is 55.4 Å². The van der Waals surface area contributed by atoms with Crippen molar-refractivity contribution in [3.8, 4) is 0 Å². The molecule has 25 heavy (non-hydrogen) atoms. The highest BCUT2D eigenvalue weighted by Crippen LogP contribution is 2.50. The van der Waals surface area contributed by atoms with E-state index in [1.165, 1.54) is 0 Å². The molecule has 0 saturated carbocycles. The highest BCUT2D eigenvalue weighted by molar-refractivity contribution is 7.58. The molecule has 0 spiro atoms. The Balaban J connectivity index is 4.94. The summed E-state index contributed by atoms with van der Waals surface area (Å²) < 4.78 is 13.0. The predicted octanol–water partition coefficient (Wildman–Crippen LogP) is 7.74. The molecule has 0 aliphatic carbocycles. The van der Waals surface area contributed by atoms with Gasteiger partial charge in [0, 0.05) is 12.3 Å². The first-order valence-corrected chi connectivity index (χ1v) is 12.9. The van der Waals surface area contributed by atoms with Crippen LogP contribution in [0.4, 0.5) is 0 Å². The van der Waals surface area contributed by atoms with Crippen LogP contribution in [-0.4, -0.2) is 17.2 Å². The highest BCUT2D eigenvalue weighted by Gasteiger charge is 2.33. The van der Waals surface area contributed by atoms with Crippen molar-refractivity contribution in [2.24, 2.45) is 22.7 Å². The van der Waals surface area contributed by atoms with Crippen molar-refractivity contribution >= 4 is 7.37 Å². The van der Waals surface area contributed by atoms with Gasteiger partial charge in [0.05, 0.1) is 0 Å². The minimum atomic E-state index is -3.05. The number of hydrogen-bond donors (Lipinski definition) is 1. The average molecular weight is 375 g/mol. The zero-order valence-electron chi connectivity index (χ0n) is 18.5. The minimum absolute atomic E-state index is 0.313. The Labute approximate surface area is 159 Å². The van der Waals surface area contributed by atoms with Crippen molar-refractivity contribution in [3.63, 3.8) is 0 Å². The third-order valence-electron chi connectivity index (χ3n) is 7.22. The molecule has 2 nitrogen and oxygen atoms in total. The summed E-state index contributed by atoms with van der Waals surface area (Å²) in [4.78, 5) is 10.8. The Morgan fingerprint density at radius 1 is 0.720 bits per heavy atom. The van der Waals surface area contributed by atoms with Crippen LogP contribution in [0.25, 0.3) is 0 Å². The van der Waals surface area contributed by atoms with Crippen LogP contribution < -0.4 is 0 Å². The first-order chi connectivity index (χ1) is 11.5. The van der Waals surface area contributed by atoms with E-state index in [4.69, 9.17) is 0 Å². The Bertz CT molecular complexity index is 363. The fraction of sp³-hybridized carbons (Fsp3) is 1.00. The molecule has 0 bridgehead atoms. The minimum Gasteiger partial charge on any atom is -0.344 e. The molecule has 0 radical (unpaired) electrons. The second kappa shape index (κ2) is 11.1. The van der Waals surface area contributed by atoms with E-state index in [0.29, 0.717) is 35.0 Å². The average Bonchev–Trinajstić information content (AvgIpc) is 2.59. The lowest BCUT2D eigenvalue weighted by Gasteiger charge is -2.34. The molecule has 3 heteroatoms. The molecule has 2 atom stereocenters. The summed E-state index contributed by atoms with van der Waals surface area (Å²) in [7, 11) is -3.05. The van der Waals surface area contributed by atoms with Gasteiger partial charge in [-0.3, -0.25) is 4.57 Å². The zero-order valence-corrected chi connectivity index (χ0v) is 19.4. The van der Waals surface area contributed by atoms with E-state index >= 15 is 0 Å². The summed E-state index contributed by atoms with van der Waals surface area (Å²) in [5.41, 5.74) is 0.627. The van der Waals surface area contributed by atoms with Crippen molar-refractivity contribution in [1.29, 1.82) is 0 Å². The van der Waals surface area contributed by atoms with Crippen molar-refractivity contribution < 1.29 is 9.46 Å². The summed E-state index contributed by atoms with van der Waals surface area (Å²) >= 11 is 0. The molecule has 0 aromatic heterocycles. The van der Waals surface area contributed by atoms with Gasteiger partial charge in [-0.1, -0.05) is 93.9 Å². The van der Waals surface area contributed by atoms with E-state index in [-0.39, 0.29) is 0 Å². The lowest BCUT2D eigenvalue weighted by atomic mass is 9.76. The van der Waals surface area contributed by atoms with Crippen LogP contribution >= 0.6 is 7.37 Å². The Kier molecular flexibility index (Phi) is 11.2. The molecule has 0 aromatic carbocycles. The smallest absolute Gasteiger partial charge is 0.201 e. The van der Waals surface area contributed by atoms with Crippen molar-refractivity contribution in [2.75, 3.05) is 12.3 Å². The maximum absolute atomic E-state index is 13.0. The standard InChI is InChI=1S/C22H47O2P/c1-9-19(15-21(7,11-3)12-4)17-25(23,24)18-20(10-2)16-22(8,13-5)14-6/h19-20H,9-18H2,1-8H3,(H,23,24). The van der Waals surface area contributed by atoms with Gasteiger partial charge in [0.25, 0.3) is 0 Å². The van der Waals surface area contributed by atoms with Crippen LogP contribution in [0.1, 0.15) is 107 Å². The van der Waals surface area contributed by atoms with Crippen LogP contribution in [0.3, 0.4) is 0 Å². The van der Waals surface area contributed by atoms with Gasteiger partial charge in [-0.2, -0.15) is 0 Å². The molecule has 0 fully saturated rings. The molecular weight excluding hydrogens is 327 g/mol. The van der Waals surface area contributed by atoms with Crippen molar-refractivity contribution in [1.82, 2.24) is 0 Å². The summed E-state index contributed by atoms with van der Waals surface area (Å²) in [5, 5.41) is 0. The summed E-state index contributed by atoms with van der Waals surface area (Å²) in [5.74, 6) is 0.754. The fourth-order valence-corrected chi connectivity index (χ4v) is 6.57. The van der Waals surface area contributed by atoms with Gasteiger partial charge in [0.15, 0.2) is 0 Å². The van der Waals surface area contributed by atoms with Crippen LogP contribution in [0, 0.1) is 22.7 Å². The SMILES string of the molecule is CCC(CC(C)(CC)CC)CP(=O)(O)CC(CC)CC(C)(CC)CC. The van der Waals surface area contributed by atoms with Gasteiger partial charge in [-0.05, 0) is 35.5 Å². The third kappa shape index (κ3) is 9.09. The quantitative estimate of drug-likeness (QED) is 0.316. The molecule has 0 saturated heterocycles. The Morgan fingerprint density at radius 2 is 1.00 bits per heavy atom. The van der Waals surface area contributed by atoms with Gasteiger partial charge >= 0.3 is 0 Å². The Hall–Kier alpha value is 0.190. The van der Waals surface area contributed by atoms with Crippen molar-refractivity contribution in [2.45, 2.75) is 107 Å². The summed E-state index contributed by atoms with van der Waals surface area (Å²) in [6.45, 7) is 18.0. The summed E-state index contributed by atoms with van der Waals surface area (Å²) in [6.07, 6.45) is 9.83. The van der Waals surface area contributed by atoms with E-state index in [1.54, 1.807) is 0 Å². The highest BCUT2D eigenvalue weighted by atomic mass is 31.2. The second-order valence-corrected chi connectivity index (χ2v) is 11.6. The normalized spacial score (nSPS) is 18.0. The van der Waals surface area contributed by atoms with Gasteiger partial charge in [-0.15, -0.1) is 0 Å². The topological polar surface area (TPSA) is 37.3 Å². The van der Waals surface area contributed by atoms with Crippen LogP contribution in [0.5, 0.6) is 0 Å². The van der Waals surface area contributed by atoms with Crippen LogP contribution in [0.15, 0.2) is 0 Å². The number of rotatable bonds is 14. The zero-order chi connectivity index (χ0) is 19.7. The molecule has 0 aliphatic rings. The molecule has 0 aliphatic heterocycles. The predicted molar refractivity (Wildman–Crippen MR) is 114 cm³/mol. The van der Waals surface area contributed by atoms with Gasteiger partial charge < -0.3 is 4.89 Å². The first kappa shape index (κ1) is 25.2. The molecule has 0 rings (SSSR count). The largest absolute Gasteiger partial charge is 0.344 e. The molecule has 152 valence electrons. The monoisotopic (exact) mass is 374 g/mol. The van der Waals surface area contributed by atoms with E-state index in [9.17, 15) is 9.46 Å². The lowest BCUT2D eigenvalue weighted by molar-refractivity contribution is 0.220. The van der Waals surface area contributed by atoms with Crippen LogP contribution in [0.2, 0.25) is 0 Å². The molecule has 0 heterocycles. The van der Waals surface area contributed by atoms with E-state index in [1.807, 2.05) is 0 Å². The Morgan fingerprint density at radius 3 is 1.20 bits per heavy atom. The maximum Gasteiger partial charge on any atom is 0.201 e. The van der Waals surface area contributed by atoms with Gasteiger partial charge in [0.2, 0.25) is 7.37 Å². The lowest BCUT2D eigenvalue weighted by Crippen LogP contribution is -2.24. The molecular formula is C22H47O2P. The summed E-state index contributed by atoms with van der Waals surface area (Å²) in [6, 6.07) is 0. The molecule has 0 aromatic rings. The molecule has 1 N–H and O–H groups in total. The van der Waals surface area contributed by atoms with Gasteiger partial charge in [0.1, 0.15) is 0 Å². The van der Waals surface area contributed by atoms with Gasteiger partial charge in [-0.25, -0.2) is 0 Å². The van der Waals surface area contributed by atoms with E-state index < -0.39 is 7.37 Å². The fourth-order valence-electron chi connectivity index (χ4n) is 4.03. The third-order valence-corrected chi connectivity index (χ3v) is 9.39. The number of hydrogen-bond acceptors (Lipinski definition) is 1. The maximum atomic E-state index is 13.0. The van der Waals surface area contributed by atoms with Crippen LogP contribution in [-0.2, 0) is 4.57 Å².